The van der Waals surface area contributed by atoms with Crippen molar-refractivity contribution in [2.75, 3.05) is 6.61 Å². The van der Waals surface area contributed by atoms with Crippen LogP contribution in [-0.4, -0.2) is 21.3 Å². The van der Waals surface area contributed by atoms with E-state index < -0.39 is 0 Å². The van der Waals surface area contributed by atoms with Crippen LogP contribution < -0.4 is 0 Å². The molecule has 1 aromatic rings. The summed E-state index contributed by atoms with van der Waals surface area (Å²) in [5.74, 6) is 1.43. The number of hydrogen-bond donors (Lipinski definition) is 1. The fourth-order valence-corrected chi connectivity index (χ4v) is 1.53. The Morgan fingerprint density at radius 1 is 1.46 bits per heavy atom. The van der Waals surface area contributed by atoms with Gasteiger partial charge in [-0.05, 0) is 12.8 Å². The molecule has 0 saturated carbocycles. The van der Waals surface area contributed by atoms with Crippen LogP contribution in [-0.2, 0) is 13.5 Å². The molecule has 0 atom stereocenters. The number of aliphatic hydroxyl groups is 1. The first kappa shape index (κ1) is 10.3. The van der Waals surface area contributed by atoms with E-state index in [0.29, 0.717) is 12.3 Å². The summed E-state index contributed by atoms with van der Waals surface area (Å²) < 4.78 is 2.06. The van der Waals surface area contributed by atoms with E-state index in [1.54, 1.807) is 0 Å². The van der Waals surface area contributed by atoms with Crippen LogP contribution in [0, 0.1) is 6.92 Å². The number of aliphatic hydroxyl groups excluding tert-OH is 1. The molecule has 1 N–H and O–H groups in total. The third kappa shape index (κ3) is 1.91. The number of hydrogen-bond acceptors (Lipinski definition) is 2. The number of nitrogens with zero attached hydrogens (tertiary/aromatic N) is 2. The zero-order chi connectivity index (χ0) is 10.0. The molecule has 0 radical (unpaired) electrons. The van der Waals surface area contributed by atoms with Gasteiger partial charge in [0.05, 0.1) is 12.3 Å². The molecule has 0 saturated heterocycles. The van der Waals surface area contributed by atoms with Gasteiger partial charge in [0.1, 0.15) is 5.82 Å². The van der Waals surface area contributed by atoms with Crippen molar-refractivity contribution in [1.29, 1.82) is 0 Å². The SMILES string of the molecule is Cc1c(C(C)C)nc(CCO)n1C. The first-order valence-electron chi connectivity index (χ1n) is 4.70. The van der Waals surface area contributed by atoms with Gasteiger partial charge in [0.25, 0.3) is 0 Å². The van der Waals surface area contributed by atoms with Crippen molar-refractivity contribution in [3.05, 3.63) is 17.2 Å². The molecule has 3 nitrogen and oxygen atoms in total. The lowest BCUT2D eigenvalue weighted by molar-refractivity contribution is 0.295. The summed E-state index contributed by atoms with van der Waals surface area (Å²) in [5, 5.41) is 8.83. The molecule has 0 aliphatic heterocycles. The van der Waals surface area contributed by atoms with Gasteiger partial charge in [-0.3, -0.25) is 0 Å². The molecule has 0 aliphatic rings. The average Bonchev–Trinajstić information content (AvgIpc) is 2.33. The molecule has 0 fully saturated rings. The van der Waals surface area contributed by atoms with Gasteiger partial charge in [-0.15, -0.1) is 0 Å². The molecule has 0 aromatic carbocycles. The smallest absolute Gasteiger partial charge is 0.111 e. The van der Waals surface area contributed by atoms with Crippen molar-refractivity contribution in [2.24, 2.45) is 7.05 Å². The number of rotatable bonds is 3. The maximum absolute atomic E-state index is 8.83. The zero-order valence-corrected chi connectivity index (χ0v) is 8.83. The highest BCUT2D eigenvalue weighted by molar-refractivity contribution is 5.18. The summed E-state index contributed by atoms with van der Waals surface area (Å²) in [7, 11) is 2.00. The monoisotopic (exact) mass is 182 g/mol. The maximum atomic E-state index is 8.83. The van der Waals surface area contributed by atoms with Crippen molar-refractivity contribution in [3.63, 3.8) is 0 Å². The Kier molecular flexibility index (Phi) is 3.09. The standard InChI is InChI=1S/C10H18N2O/c1-7(2)10-8(3)12(4)9(11-10)5-6-13/h7,13H,5-6H2,1-4H3. The van der Waals surface area contributed by atoms with E-state index in [0.717, 1.165) is 11.5 Å². The molecule has 0 unspecified atom stereocenters. The van der Waals surface area contributed by atoms with Crippen molar-refractivity contribution < 1.29 is 5.11 Å². The lowest BCUT2D eigenvalue weighted by atomic mass is 10.1. The fraction of sp³-hybridized carbons (Fsp3) is 0.700. The topological polar surface area (TPSA) is 38.1 Å². The Hall–Kier alpha value is -0.830. The minimum absolute atomic E-state index is 0.168. The zero-order valence-electron chi connectivity index (χ0n) is 8.83. The van der Waals surface area contributed by atoms with Crippen LogP contribution in [0.25, 0.3) is 0 Å². The molecule has 1 aromatic heterocycles. The van der Waals surface area contributed by atoms with Gasteiger partial charge in [0.2, 0.25) is 0 Å². The Morgan fingerprint density at radius 3 is 2.46 bits per heavy atom. The summed E-state index contributed by atoms with van der Waals surface area (Å²) in [4.78, 5) is 4.50. The van der Waals surface area contributed by atoms with Crippen LogP contribution in [0.15, 0.2) is 0 Å². The largest absolute Gasteiger partial charge is 0.396 e. The average molecular weight is 182 g/mol. The predicted molar refractivity (Wildman–Crippen MR) is 52.8 cm³/mol. The second kappa shape index (κ2) is 3.92. The lowest BCUT2D eigenvalue weighted by Gasteiger charge is -2.02. The second-order valence-corrected chi connectivity index (χ2v) is 3.69. The van der Waals surface area contributed by atoms with E-state index >= 15 is 0 Å². The Bertz CT molecular complexity index is 289. The lowest BCUT2D eigenvalue weighted by Crippen LogP contribution is -2.01. The Labute approximate surface area is 79.4 Å². The summed E-state index contributed by atoms with van der Waals surface area (Å²) >= 11 is 0. The highest BCUT2D eigenvalue weighted by Crippen LogP contribution is 2.18. The van der Waals surface area contributed by atoms with Crippen molar-refractivity contribution in [1.82, 2.24) is 9.55 Å². The van der Waals surface area contributed by atoms with Gasteiger partial charge in [0.15, 0.2) is 0 Å². The predicted octanol–water partition coefficient (Wildman–Crippen LogP) is 1.39. The summed E-state index contributed by atoms with van der Waals surface area (Å²) in [6.07, 6.45) is 0.643. The van der Waals surface area contributed by atoms with Gasteiger partial charge in [-0.2, -0.15) is 0 Å². The third-order valence-electron chi connectivity index (χ3n) is 2.39. The van der Waals surface area contributed by atoms with Crippen LogP contribution in [0.4, 0.5) is 0 Å². The van der Waals surface area contributed by atoms with Crippen LogP contribution in [0.3, 0.4) is 0 Å². The number of aromatic nitrogens is 2. The van der Waals surface area contributed by atoms with Gasteiger partial charge >= 0.3 is 0 Å². The van der Waals surface area contributed by atoms with E-state index in [4.69, 9.17) is 5.11 Å². The van der Waals surface area contributed by atoms with Gasteiger partial charge < -0.3 is 9.67 Å². The van der Waals surface area contributed by atoms with E-state index in [-0.39, 0.29) is 6.61 Å². The molecule has 3 heteroatoms. The molecule has 74 valence electrons. The molecular weight excluding hydrogens is 164 g/mol. The summed E-state index contributed by atoms with van der Waals surface area (Å²) in [6.45, 7) is 6.52. The highest BCUT2D eigenvalue weighted by atomic mass is 16.3. The normalized spacial score (nSPS) is 11.2. The van der Waals surface area contributed by atoms with Gasteiger partial charge in [-0.1, -0.05) is 13.8 Å². The third-order valence-corrected chi connectivity index (χ3v) is 2.39. The number of imidazole rings is 1. The van der Waals surface area contributed by atoms with Crippen molar-refractivity contribution in [3.8, 4) is 0 Å². The van der Waals surface area contributed by atoms with Crippen LogP contribution in [0.5, 0.6) is 0 Å². The van der Waals surface area contributed by atoms with Crippen LogP contribution in [0.1, 0.15) is 37.0 Å². The Balaban J connectivity index is 3.05. The Morgan fingerprint density at radius 2 is 2.08 bits per heavy atom. The van der Waals surface area contributed by atoms with Crippen molar-refractivity contribution >= 4 is 0 Å². The minimum Gasteiger partial charge on any atom is -0.396 e. The van der Waals surface area contributed by atoms with Gasteiger partial charge in [0, 0.05) is 19.2 Å². The fourth-order valence-electron chi connectivity index (χ4n) is 1.53. The molecule has 0 aliphatic carbocycles. The minimum atomic E-state index is 0.168. The van der Waals surface area contributed by atoms with Gasteiger partial charge in [-0.25, -0.2) is 4.98 Å². The van der Waals surface area contributed by atoms with E-state index in [9.17, 15) is 0 Å². The van der Waals surface area contributed by atoms with Crippen molar-refractivity contribution in [2.45, 2.75) is 33.1 Å². The highest BCUT2D eigenvalue weighted by Gasteiger charge is 2.12. The molecule has 1 heterocycles. The molecule has 0 bridgehead atoms. The van der Waals surface area contributed by atoms with Crippen LogP contribution in [0.2, 0.25) is 0 Å². The molecule has 0 spiro atoms. The van der Waals surface area contributed by atoms with E-state index in [1.165, 1.54) is 5.69 Å². The van der Waals surface area contributed by atoms with Crippen LogP contribution >= 0.6 is 0 Å². The summed E-state index contributed by atoms with van der Waals surface area (Å²) in [6, 6.07) is 0. The maximum Gasteiger partial charge on any atom is 0.111 e. The molecule has 0 amide bonds. The summed E-state index contributed by atoms with van der Waals surface area (Å²) in [5.41, 5.74) is 2.35. The van der Waals surface area contributed by atoms with E-state index in [1.807, 2.05) is 7.05 Å². The second-order valence-electron chi connectivity index (χ2n) is 3.69. The molecule has 13 heavy (non-hydrogen) atoms. The quantitative estimate of drug-likeness (QED) is 0.767. The van der Waals surface area contributed by atoms with E-state index in [2.05, 4.69) is 30.3 Å². The first-order chi connectivity index (χ1) is 6.07. The molecular formula is C10H18N2O. The first-order valence-corrected chi connectivity index (χ1v) is 4.70. The molecule has 1 rings (SSSR count).